The van der Waals surface area contributed by atoms with Crippen molar-refractivity contribution in [2.45, 2.75) is 45.0 Å². The highest BCUT2D eigenvalue weighted by atomic mass is 32.7. The normalized spacial score (nSPS) is 22.9. The Morgan fingerprint density at radius 1 is 1.54 bits per heavy atom. The summed E-state index contributed by atoms with van der Waals surface area (Å²) in [7, 11) is -4.03. The van der Waals surface area contributed by atoms with Gasteiger partial charge in [0, 0.05) is 6.42 Å². The number of carbonyl (C=O) groups excluding carboxylic acids is 1. The minimum atomic E-state index is -4.03. The van der Waals surface area contributed by atoms with Crippen molar-refractivity contribution in [3.63, 3.8) is 0 Å². The van der Waals surface area contributed by atoms with Crippen LogP contribution in [0.15, 0.2) is 6.33 Å². The fourth-order valence-electron chi connectivity index (χ4n) is 2.42. The monoisotopic (exact) mass is 438 g/mol. The van der Waals surface area contributed by atoms with E-state index in [9.17, 15) is 19.7 Å². The minimum Gasteiger partial charge on any atom is -0.432 e. The summed E-state index contributed by atoms with van der Waals surface area (Å²) >= 11 is 0.462. The maximum absolute atomic E-state index is 11.3. The zero-order valence-corrected chi connectivity index (χ0v) is 16.7. The fourth-order valence-corrected chi connectivity index (χ4v) is 4.24. The summed E-state index contributed by atoms with van der Waals surface area (Å²) in [6, 6.07) is 0. The van der Waals surface area contributed by atoms with Crippen molar-refractivity contribution in [1.82, 2.24) is 19.7 Å². The molecule has 0 bridgehead atoms. The predicted molar refractivity (Wildman–Crippen MR) is 98.4 cm³/mol. The fraction of sp³-hybridized carbons (Fsp3) is 0.615. The topological polar surface area (TPSA) is 187 Å². The third-order valence-electron chi connectivity index (χ3n) is 3.62. The van der Waals surface area contributed by atoms with Crippen molar-refractivity contribution in [3.05, 3.63) is 6.33 Å². The molecule has 1 saturated heterocycles. The summed E-state index contributed by atoms with van der Waals surface area (Å²) in [5.41, 5.74) is 6.73. The van der Waals surface area contributed by atoms with Gasteiger partial charge in [-0.05, 0) is 13.8 Å². The Bertz CT molecular complexity index is 829. The Hall–Kier alpha value is -1.67. The zero-order chi connectivity index (χ0) is 20.5. The van der Waals surface area contributed by atoms with Gasteiger partial charge in [-0.15, -0.1) is 4.52 Å². The number of anilines is 1. The van der Waals surface area contributed by atoms with E-state index in [2.05, 4.69) is 15.1 Å². The molecule has 2 aromatic heterocycles. The van der Waals surface area contributed by atoms with Crippen LogP contribution >= 0.6 is 18.5 Å². The first kappa shape index (κ1) is 21.0. The van der Waals surface area contributed by atoms with E-state index >= 15 is 0 Å². The quantitative estimate of drug-likeness (QED) is 0.234. The molecule has 2 aromatic rings. The van der Waals surface area contributed by atoms with Gasteiger partial charge in [0.05, 0.1) is 6.10 Å². The van der Waals surface area contributed by atoms with Crippen LogP contribution in [-0.4, -0.2) is 65.2 Å². The van der Waals surface area contributed by atoms with Gasteiger partial charge in [0.15, 0.2) is 35.0 Å². The smallest absolute Gasteiger partial charge is 0.432 e. The third kappa shape index (κ3) is 4.84. The summed E-state index contributed by atoms with van der Waals surface area (Å²) in [5, 5.41) is 13.0. The highest BCUT2D eigenvalue weighted by Crippen LogP contribution is 2.65. The molecular formula is C13H21N5O8PS+. The molecule has 0 aromatic carbocycles. The maximum Gasteiger partial charge on any atom is 0.509 e. The molecule has 0 spiro atoms. The van der Waals surface area contributed by atoms with Gasteiger partial charge in [0.2, 0.25) is 6.29 Å². The molecule has 28 heavy (non-hydrogen) atoms. The largest absolute Gasteiger partial charge is 0.509 e. The van der Waals surface area contributed by atoms with Crippen LogP contribution in [0.3, 0.4) is 0 Å². The van der Waals surface area contributed by atoms with Crippen LogP contribution in [0.4, 0.5) is 10.6 Å². The van der Waals surface area contributed by atoms with Gasteiger partial charge in [0.25, 0.3) is 0 Å². The van der Waals surface area contributed by atoms with E-state index in [1.54, 1.807) is 13.8 Å². The second kappa shape index (κ2) is 8.37. The molecule has 3 atom stereocenters. The van der Waals surface area contributed by atoms with E-state index < -0.39 is 37.9 Å². The molecule has 0 amide bonds. The van der Waals surface area contributed by atoms with Crippen molar-refractivity contribution < 1.29 is 38.4 Å². The molecule has 6 N–H and O–H groups in total. The molecule has 13 nitrogen and oxygen atoms in total. The number of nitrogens with two attached hydrogens (primary N) is 1. The molecule has 1 fully saturated rings. The van der Waals surface area contributed by atoms with Gasteiger partial charge in [-0.25, -0.2) is 19.4 Å². The molecule has 156 valence electrons. The second-order valence-electron chi connectivity index (χ2n) is 6.11. The van der Waals surface area contributed by atoms with Gasteiger partial charge in [-0.1, -0.05) is 0 Å². The lowest BCUT2D eigenvalue weighted by Crippen LogP contribution is -2.24. The molecule has 3 unspecified atom stereocenters. The summed E-state index contributed by atoms with van der Waals surface area (Å²) in [6.45, 7) is 3.29. The van der Waals surface area contributed by atoms with Gasteiger partial charge in [0.1, 0.15) is 17.9 Å². The first-order valence-electron chi connectivity index (χ1n) is 8.17. The molecule has 0 aliphatic carbocycles. The van der Waals surface area contributed by atoms with Crippen molar-refractivity contribution in [3.8, 4) is 0 Å². The lowest BCUT2D eigenvalue weighted by Gasteiger charge is -2.21. The lowest BCUT2D eigenvalue weighted by molar-refractivity contribution is -0.132. The van der Waals surface area contributed by atoms with E-state index in [0.29, 0.717) is 22.5 Å². The molecule has 1 aliphatic rings. The minimum absolute atomic E-state index is 0.114. The first-order chi connectivity index (χ1) is 13.2. The summed E-state index contributed by atoms with van der Waals surface area (Å²) in [4.78, 5) is 39.2. The van der Waals surface area contributed by atoms with Crippen LogP contribution in [0.2, 0.25) is 0 Å². The van der Waals surface area contributed by atoms with E-state index in [4.69, 9.17) is 24.5 Å². The van der Waals surface area contributed by atoms with E-state index in [0.717, 1.165) is 0 Å². The van der Waals surface area contributed by atoms with Crippen molar-refractivity contribution in [2.75, 3.05) is 11.7 Å². The Morgan fingerprint density at radius 2 is 2.29 bits per heavy atom. The highest BCUT2D eigenvalue weighted by molar-refractivity contribution is 8.57. The predicted octanol–water partition coefficient (Wildman–Crippen LogP) is 0.879. The number of nitrogens with zero attached hydrogens (tertiary/aromatic N) is 3. The van der Waals surface area contributed by atoms with Gasteiger partial charge in [-0.2, -0.15) is 9.79 Å². The molecule has 1 aliphatic heterocycles. The molecule has 3 rings (SSSR count). The van der Waals surface area contributed by atoms with E-state index in [-0.39, 0.29) is 18.3 Å². The number of fused-ring (bicyclic) bond motifs is 1. The lowest BCUT2D eigenvalue weighted by atomic mass is 10.2. The van der Waals surface area contributed by atoms with E-state index in [1.165, 1.54) is 11.0 Å². The molecule has 0 saturated carbocycles. The van der Waals surface area contributed by atoms with Gasteiger partial charge < -0.3 is 25.1 Å². The van der Waals surface area contributed by atoms with Crippen LogP contribution in [0.5, 0.6) is 0 Å². The maximum atomic E-state index is 11.3. The van der Waals surface area contributed by atoms with E-state index in [1.807, 2.05) is 0 Å². The summed E-state index contributed by atoms with van der Waals surface area (Å²) in [6.07, 6.45) is -3.00. The number of hydrogen-bond donors (Lipinski definition) is 5. The number of rotatable bonds is 7. The number of H-pyrrole nitrogens is 1. The molecule has 15 heteroatoms. The number of nitrogens with one attached hydrogen (secondary N) is 1. The van der Waals surface area contributed by atoms with Crippen molar-refractivity contribution >= 4 is 41.7 Å². The Morgan fingerprint density at radius 3 is 3.00 bits per heavy atom. The number of aliphatic hydroxyl groups is 1. The van der Waals surface area contributed by atoms with Gasteiger partial charge >= 0.3 is 13.3 Å². The summed E-state index contributed by atoms with van der Waals surface area (Å²) in [5.74, 6) is -0.133. The molecular weight excluding hydrogens is 417 g/mol. The number of aromatic amines is 1. The average Bonchev–Trinajstić information content (AvgIpc) is 2.88. The van der Waals surface area contributed by atoms with Crippen LogP contribution < -0.4 is 5.73 Å². The SMILES string of the molecule is CC(C)OC(=O)OCS[P+](O)(O)OC1OC(n2[nH]c3c(N)ncnc32)CC1O. The number of aromatic nitrogens is 4. The third-order valence-corrected chi connectivity index (χ3v) is 6.25. The number of carbonyl (C=O) groups is 1. The molecule has 3 heterocycles. The average molecular weight is 438 g/mol. The van der Waals surface area contributed by atoms with Crippen LogP contribution in [-0.2, 0) is 18.7 Å². The van der Waals surface area contributed by atoms with Crippen LogP contribution in [0.1, 0.15) is 26.5 Å². The van der Waals surface area contributed by atoms with Gasteiger partial charge in [-0.3, -0.25) is 5.10 Å². The standard InChI is InChI=1S/C13H21N5O8PS/c1-6(2)24-13(20)23-5-28-27(21,22)26-12-7(19)3-8(25-12)18-11-9(17-18)10(14)15-4-16-11/h4,6-8,12,17,19,21-22H,3,5H2,1-2H3,(H2,14,15,16)/q+1. The first-order valence-corrected chi connectivity index (χ1v) is 11.4. The molecule has 0 radical (unpaired) electrons. The second-order valence-corrected chi connectivity index (χ2v) is 9.99. The number of aliphatic hydroxyl groups excluding tert-OH is 1. The van der Waals surface area contributed by atoms with Crippen molar-refractivity contribution in [1.29, 1.82) is 0 Å². The highest BCUT2D eigenvalue weighted by Gasteiger charge is 2.49. The Labute approximate surface area is 163 Å². The van der Waals surface area contributed by atoms with Crippen LogP contribution in [0, 0.1) is 0 Å². The van der Waals surface area contributed by atoms with Crippen molar-refractivity contribution in [2.24, 2.45) is 0 Å². The number of ether oxygens (including phenoxy) is 3. The summed E-state index contributed by atoms with van der Waals surface area (Å²) < 4.78 is 21.6. The Kier molecular flexibility index (Phi) is 6.29. The zero-order valence-electron chi connectivity index (χ0n) is 15.0. The van der Waals surface area contributed by atoms with Crippen LogP contribution in [0.25, 0.3) is 11.2 Å². The Balaban J connectivity index is 1.53. The number of nitrogen functional groups attached to an aromatic ring is 1. The number of hydrogen-bond acceptors (Lipinski definition) is 12.